The van der Waals surface area contributed by atoms with Crippen LogP contribution in [-0.2, 0) is 5.54 Å². The smallest absolute Gasteiger partial charge is 0.134 e. The first kappa shape index (κ1) is 12.5. The van der Waals surface area contributed by atoms with Crippen molar-refractivity contribution < 1.29 is 8.78 Å². The van der Waals surface area contributed by atoms with Crippen molar-refractivity contribution in [2.24, 2.45) is 11.1 Å². The standard InChI is InChI=1S/C14H19F2N/c1-9-4-5-10(15)11(12(9)16)14(17)7-6-13(2,3)8-14/h4-5H,6-8,17H2,1-3H3. The van der Waals surface area contributed by atoms with E-state index in [-0.39, 0.29) is 11.0 Å². The topological polar surface area (TPSA) is 26.0 Å². The van der Waals surface area contributed by atoms with Crippen molar-refractivity contribution in [3.05, 3.63) is 34.9 Å². The number of benzene rings is 1. The Morgan fingerprint density at radius 2 is 1.82 bits per heavy atom. The number of hydrogen-bond acceptors (Lipinski definition) is 1. The van der Waals surface area contributed by atoms with E-state index in [0.717, 1.165) is 6.42 Å². The second-order valence-electron chi connectivity index (χ2n) is 6.05. The van der Waals surface area contributed by atoms with Crippen LogP contribution in [0.15, 0.2) is 12.1 Å². The van der Waals surface area contributed by atoms with Crippen LogP contribution in [0, 0.1) is 24.0 Å². The molecule has 94 valence electrons. The number of rotatable bonds is 1. The summed E-state index contributed by atoms with van der Waals surface area (Å²) in [5.41, 5.74) is 5.97. The van der Waals surface area contributed by atoms with Gasteiger partial charge in [-0.25, -0.2) is 8.78 Å². The minimum Gasteiger partial charge on any atom is -0.321 e. The van der Waals surface area contributed by atoms with Gasteiger partial charge in [0.2, 0.25) is 0 Å². The largest absolute Gasteiger partial charge is 0.321 e. The van der Waals surface area contributed by atoms with E-state index < -0.39 is 17.2 Å². The van der Waals surface area contributed by atoms with Gasteiger partial charge in [-0.05, 0) is 43.2 Å². The molecular weight excluding hydrogens is 220 g/mol. The monoisotopic (exact) mass is 239 g/mol. The third-order valence-corrected chi connectivity index (χ3v) is 3.82. The minimum atomic E-state index is -0.857. The molecule has 17 heavy (non-hydrogen) atoms. The molecule has 0 aromatic heterocycles. The Labute approximate surface area is 101 Å². The number of nitrogens with two attached hydrogens (primary N) is 1. The summed E-state index contributed by atoms with van der Waals surface area (Å²) in [6, 6.07) is 2.77. The van der Waals surface area contributed by atoms with Crippen LogP contribution in [0.2, 0.25) is 0 Å². The Morgan fingerprint density at radius 1 is 1.18 bits per heavy atom. The van der Waals surface area contributed by atoms with Crippen molar-refractivity contribution >= 4 is 0 Å². The van der Waals surface area contributed by atoms with Crippen LogP contribution >= 0.6 is 0 Å². The molecule has 0 bridgehead atoms. The highest BCUT2D eigenvalue weighted by molar-refractivity contribution is 5.33. The maximum absolute atomic E-state index is 14.1. The lowest BCUT2D eigenvalue weighted by atomic mass is 9.83. The number of halogens is 2. The quantitative estimate of drug-likeness (QED) is 0.795. The lowest BCUT2D eigenvalue weighted by molar-refractivity contribution is 0.326. The van der Waals surface area contributed by atoms with Gasteiger partial charge >= 0.3 is 0 Å². The molecule has 1 aliphatic rings. The van der Waals surface area contributed by atoms with Gasteiger partial charge in [0.15, 0.2) is 0 Å². The Bertz CT molecular complexity index is 454. The molecule has 0 amide bonds. The molecule has 1 aromatic carbocycles. The zero-order valence-corrected chi connectivity index (χ0v) is 10.6. The van der Waals surface area contributed by atoms with E-state index in [1.54, 1.807) is 6.92 Å². The highest BCUT2D eigenvalue weighted by atomic mass is 19.1. The molecule has 0 radical (unpaired) electrons. The second-order valence-corrected chi connectivity index (χ2v) is 6.05. The maximum atomic E-state index is 14.1. The molecule has 1 aromatic rings. The van der Waals surface area contributed by atoms with Crippen LogP contribution in [0.4, 0.5) is 8.78 Å². The number of aryl methyl sites for hydroxylation is 1. The van der Waals surface area contributed by atoms with E-state index in [0.29, 0.717) is 18.4 Å². The summed E-state index contributed by atoms with van der Waals surface area (Å²) in [5.74, 6) is -1.00. The lowest BCUT2D eigenvalue weighted by Gasteiger charge is -2.28. The third kappa shape index (κ3) is 2.08. The van der Waals surface area contributed by atoms with Gasteiger partial charge in [0.1, 0.15) is 11.6 Å². The van der Waals surface area contributed by atoms with Crippen molar-refractivity contribution in [2.45, 2.75) is 45.6 Å². The van der Waals surface area contributed by atoms with Gasteiger partial charge in [-0.15, -0.1) is 0 Å². The van der Waals surface area contributed by atoms with Gasteiger partial charge < -0.3 is 5.73 Å². The van der Waals surface area contributed by atoms with Crippen LogP contribution in [0.25, 0.3) is 0 Å². The molecule has 2 rings (SSSR count). The molecule has 1 saturated carbocycles. The van der Waals surface area contributed by atoms with Gasteiger partial charge in [0.25, 0.3) is 0 Å². The molecule has 0 heterocycles. The molecule has 1 unspecified atom stereocenters. The molecule has 0 aliphatic heterocycles. The summed E-state index contributed by atoms with van der Waals surface area (Å²) in [6.45, 7) is 5.82. The van der Waals surface area contributed by atoms with Crippen molar-refractivity contribution in [3.63, 3.8) is 0 Å². The van der Waals surface area contributed by atoms with Crippen LogP contribution in [-0.4, -0.2) is 0 Å². The Kier molecular flexibility index (Phi) is 2.77. The first-order valence-electron chi connectivity index (χ1n) is 5.99. The molecule has 2 N–H and O–H groups in total. The van der Waals surface area contributed by atoms with Gasteiger partial charge in [0.05, 0.1) is 0 Å². The fraction of sp³-hybridized carbons (Fsp3) is 0.571. The van der Waals surface area contributed by atoms with Gasteiger partial charge in [-0.1, -0.05) is 19.9 Å². The molecule has 1 atom stereocenters. The average Bonchev–Trinajstić information content (AvgIpc) is 2.48. The zero-order chi connectivity index (χ0) is 12.8. The van der Waals surface area contributed by atoms with E-state index in [9.17, 15) is 8.78 Å². The van der Waals surface area contributed by atoms with Crippen molar-refractivity contribution in [2.75, 3.05) is 0 Å². The summed E-state index contributed by atoms with van der Waals surface area (Å²) < 4.78 is 28.0. The maximum Gasteiger partial charge on any atom is 0.134 e. The van der Waals surface area contributed by atoms with E-state index in [2.05, 4.69) is 13.8 Å². The lowest BCUT2D eigenvalue weighted by Crippen LogP contribution is -2.37. The second kappa shape index (κ2) is 3.77. The summed E-state index contributed by atoms with van der Waals surface area (Å²) >= 11 is 0. The van der Waals surface area contributed by atoms with Crippen LogP contribution in [0.3, 0.4) is 0 Å². The molecule has 1 aliphatic carbocycles. The molecule has 3 heteroatoms. The van der Waals surface area contributed by atoms with Crippen molar-refractivity contribution in [3.8, 4) is 0 Å². The zero-order valence-electron chi connectivity index (χ0n) is 10.6. The van der Waals surface area contributed by atoms with E-state index in [4.69, 9.17) is 5.73 Å². The molecule has 0 saturated heterocycles. The Morgan fingerprint density at radius 3 is 2.35 bits per heavy atom. The summed E-state index contributed by atoms with van der Waals surface area (Å²) in [4.78, 5) is 0. The van der Waals surface area contributed by atoms with E-state index in [1.165, 1.54) is 12.1 Å². The fourth-order valence-electron chi connectivity index (χ4n) is 2.92. The summed E-state index contributed by atoms with van der Waals surface area (Å²) in [7, 11) is 0. The Hall–Kier alpha value is -0.960. The van der Waals surface area contributed by atoms with Gasteiger partial charge in [-0.2, -0.15) is 0 Å². The predicted octanol–water partition coefficient (Wildman–Crippen LogP) is 3.64. The molecular formula is C14H19F2N. The average molecular weight is 239 g/mol. The van der Waals surface area contributed by atoms with Gasteiger partial charge in [-0.3, -0.25) is 0 Å². The van der Waals surface area contributed by atoms with Gasteiger partial charge in [0, 0.05) is 11.1 Å². The highest BCUT2D eigenvalue weighted by Crippen LogP contribution is 2.48. The molecule has 1 fully saturated rings. The highest BCUT2D eigenvalue weighted by Gasteiger charge is 2.44. The third-order valence-electron chi connectivity index (χ3n) is 3.82. The first-order valence-corrected chi connectivity index (χ1v) is 5.99. The van der Waals surface area contributed by atoms with Crippen LogP contribution < -0.4 is 5.73 Å². The van der Waals surface area contributed by atoms with Crippen LogP contribution in [0.5, 0.6) is 0 Å². The van der Waals surface area contributed by atoms with E-state index in [1.807, 2.05) is 0 Å². The SMILES string of the molecule is Cc1ccc(F)c(C2(N)CCC(C)(C)C2)c1F. The summed E-state index contributed by atoms with van der Waals surface area (Å²) in [6.07, 6.45) is 2.16. The normalized spacial score (nSPS) is 27.4. The minimum absolute atomic E-state index is 0.0530. The molecule has 1 nitrogen and oxygen atoms in total. The summed E-state index contributed by atoms with van der Waals surface area (Å²) in [5, 5.41) is 0. The van der Waals surface area contributed by atoms with E-state index >= 15 is 0 Å². The Balaban J connectivity index is 2.51. The van der Waals surface area contributed by atoms with Crippen LogP contribution in [0.1, 0.15) is 44.2 Å². The first-order chi connectivity index (χ1) is 7.75. The fourth-order valence-corrected chi connectivity index (χ4v) is 2.92. The number of hydrogen-bond donors (Lipinski definition) is 1. The van der Waals surface area contributed by atoms with Crippen molar-refractivity contribution in [1.82, 2.24) is 0 Å². The predicted molar refractivity (Wildman–Crippen MR) is 64.6 cm³/mol. The van der Waals surface area contributed by atoms with Crippen molar-refractivity contribution in [1.29, 1.82) is 0 Å². The molecule has 0 spiro atoms.